The Morgan fingerprint density at radius 1 is 1.07 bits per heavy atom. The quantitative estimate of drug-likeness (QED) is 0.419. The summed E-state index contributed by atoms with van der Waals surface area (Å²) in [6.07, 6.45) is -3.03. The highest BCUT2D eigenvalue weighted by Gasteiger charge is 2.56. The molecule has 0 heterocycles. The molecule has 0 unspecified atom stereocenters. The lowest BCUT2D eigenvalue weighted by molar-refractivity contribution is -0.186. The van der Waals surface area contributed by atoms with Crippen LogP contribution in [0.4, 0.5) is 30.7 Å². The van der Waals surface area contributed by atoms with Gasteiger partial charge in [-0.1, -0.05) is 0 Å². The SMILES string of the molecule is FC(F)=C(F)OCC(F)(F)C(F)(F)Cl. The van der Waals surface area contributed by atoms with Crippen LogP contribution in [0.2, 0.25) is 0 Å². The Morgan fingerprint density at radius 2 is 1.50 bits per heavy atom. The summed E-state index contributed by atoms with van der Waals surface area (Å²) in [4.78, 5) is 0. The van der Waals surface area contributed by atoms with Gasteiger partial charge in [-0.2, -0.15) is 30.7 Å². The molecule has 0 aliphatic carbocycles. The van der Waals surface area contributed by atoms with Gasteiger partial charge in [0.2, 0.25) is 0 Å². The highest BCUT2D eigenvalue weighted by atomic mass is 35.5. The number of rotatable bonds is 4. The minimum absolute atomic E-state index is 2.29. The zero-order valence-electron chi connectivity index (χ0n) is 6.14. The van der Waals surface area contributed by atoms with E-state index in [4.69, 9.17) is 0 Å². The van der Waals surface area contributed by atoms with Crippen molar-refractivity contribution in [1.29, 1.82) is 0 Å². The van der Waals surface area contributed by atoms with Gasteiger partial charge in [-0.25, -0.2) is 0 Å². The molecule has 0 radical (unpaired) electrons. The maximum atomic E-state index is 12.1. The summed E-state index contributed by atoms with van der Waals surface area (Å²) in [5, 5.41) is -5.00. The van der Waals surface area contributed by atoms with Gasteiger partial charge in [-0.05, 0) is 11.6 Å². The Kier molecular flexibility index (Phi) is 4.04. The highest BCUT2D eigenvalue weighted by molar-refractivity contribution is 6.22. The zero-order valence-corrected chi connectivity index (χ0v) is 6.89. The minimum atomic E-state index is -5.00. The van der Waals surface area contributed by atoms with E-state index < -0.39 is 30.0 Å². The second-order valence-electron chi connectivity index (χ2n) is 2.02. The number of ether oxygens (including phenoxy) is 1. The van der Waals surface area contributed by atoms with Gasteiger partial charge in [-0.3, -0.25) is 0 Å². The maximum absolute atomic E-state index is 12.1. The van der Waals surface area contributed by atoms with E-state index in [1.165, 1.54) is 0 Å². The van der Waals surface area contributed by atoms with E-state index in [0.717, 1.165) is 0 Å². The van der Waals surface area contributed by atoms with Gasteiger partial charge in [0.1, 0.15) is 0 Å². The van der Waals surface area contributed by atoms with Gasteiger partial charge < -0.3 is 4.74 Å². The van der Waals surface area contributed by atoms with Crippen LogP contribution >= 0.6 is 11.6 Å². The van der Waals surface area contributed by atoms with Crippen LogP contribution in [0.1, 0.15) is 0 Å². The van der Waals surface area contributed by atoms with E-state index in [2.05, 4.69) is 16.3 Å². The summed E-state index contributed by atoms with van der Waals surface area (Å²) in [6, 6.07) is -2.65. The highest BCUT2D eigenvalue weighted by Crippen LogP contribution is 2.38. The van der Waals surface area contributed by atoms with Crippen molar-refractivity contribution in [3.8, 4) is 0 Å². The van der Waals surface area contributed by atoms with Crippen molar-refractivity contribution in [3.63, 3.8) is 0 Å². The summed E-state index contributed by atoms with van der Waals surface area (Å²) in [7, 11) is 0. The third-order valence-electron chi connectivity index (χ3n) is 0.943. The van der Waals surface area contributed by atoms with Crippen LogP contribution in [-0.4, -0.2) is 17.9 Å². The fraction of sp³-hybridized carbons (Fsp3) is 0.600. The van der Waals surface area contributed by atoms with E-state index in [0.29, 0.717) is 0 Å². The fourth-order valence-electron chi connectivity index (χ4n) is 0.290. The lowest BCUT2D eigenvalue weighted by atomic mass is 10.4. The van der Waals surface area contributed by atoms with Crippen LogP contribution in [0.15, 0.2) is 12.1 Å². The molecule has 0 aromatic carbocycles. The third-order valence-corrected chi connectivity index (χ3v) is 1.22. The van der Waals surface area contributed by atoms with E-state index in [1.54, 1.807) is 0 Å². The number of alkyl halides is 5. The van der Waals surface area contributed by atoms with Crippen LogP contribution in [-0.2, 0) is 4.74 Å². The Balaban J connectivity index is 4.35. The molecule has 0 saturated carbocycles. The van der Waals surface area contributed by atoms with Crippen molar-refractivity contribution < 1.29 is 35.5 Å². The molecule has 0 spiro atoms. The molecule has 0 aromatic rings. The normalized spacial score (nSPS) is 12.6. The van der Waals surface area contributed by atoms with Crippen LogP contribution in [0.3, 0.4) is 0 Å². The summed E-state index contributed by atoms with van der Waals surface area (Å²) in [6.45, 7) is -2.29. The smallest absolute Gasteiger partial charge is 0.387 e. The number of halogens is 8. The van der Waals surface area contributed by atoms with E-state index in [-0.39, 0.29) is 0 Å². The van der Waals surface area contributed by atoms with Gasteiger partial charge in [0.15, 0.2) is 6.61 Å². The Bertz CT molecular complexity index is 229. The molecule has 0 rings (SSSR count). The van der Waals surface area contributed by atoms with Gasteiger partial charge >= 0.3 is 23.4 Å². The van der Waals surface area contributed by atoms with Gasteiger partial charge in [0.05, 0.1) is 0 Å². The zero-order chi connectivity index (χ0) is 11.6. The second-order valence-corrected chi connectivity index (χ2v) is 2.50. The van der Waals surface area contributed by atoms with Crippen molar-refractivity contribution in [2.75, 3.05) is 6.61 Å². The average molecular weight is 247 g/mol. The molecule has 0 atom stereocenters. The molecule has 84 valence electrons. The summed E-state index contributed by atoms with van der Waals surface area (Å²) < 4.78 is 85.0. The molecule has 0 bridgehead atoms. The topological polar surface area (TPSA) is 9.23 Å². The minimum Gasteiger partial charge on any atom is -0.460 e. The van der Waals surface area contributed by atoms with Gasteiger partial charge in [0.25, 0.3) is 0 Å². The molecule has 0 amide bonds. The standard InChI is InChI=1S/C5H2ClF7O/c6-5(12,13)4(10,11)1-14-3(9)2(7)8/h1H2. The summed E-state index contributed by atoms with van der Waals surface area (Å²) in [5.74, 6) is -4.94. The predicted octanol–water partition coefficient (Wildman–Crippen LogP) is 3.51. The molecule has 1 nitrogen and oxygen atoms in total. The van der Waals surface area contributed by atoms with Crippen molar-refractivity contribution in [1.82, 2.24) is 0 Å². The Labute approximate surface area is 78.1 Å². The van der Waals surface area contributed by atoms with Gasteiger partial charge in [0, 0.05) is 0 Å². The van der Waals surface area contributed by atoms with Crippen LogP contribution in [0, 0.1) is 0 Å². The molecule has 0 aliphatic rings. The first-order valence-corrected chi connectivity index (χ1v) is 3.24. The predicted molar refractivity (Wildman–Crippen MR) is 32.0 cm³/mol. The molecule has 0 aromatic heterocycles. The number of hydrogen-bond acceptors (Lipinski definition) is 1. The molecule has 0 N–H and O–H groups in total. The third kappa shape index (κ3) is 3.60. The monoisotopic (exact) mass is 246 g/mol. The lowest BCUT2D eigenvalue weighted by Gasteiger charge is -2.20. The number of hydrogen-bond donors (Lipinski definition) is 0. The van der Waals surface area contributed by atoms with E-state index >= 15 is 0 Å². The lowest BCUT2D eigenvalue weighted by Crippen LogP contribution is -2.39. The molecule has 9 heteroatoms. The van der Waals surface area contributed by atoms with Crippen molar-refractivity contribution in [3.05, 3.63) is 12.1 Å². The van der Waals surface area contributed by atoms with Gasteiger partial charge in [-0.15, -0.1) is 0 Å². The first kappa shape index (κ1) is 13.3. The van der Waals surface area contributed by atoms with Crippen LogP contribution < -0.4 is 0 Å². The summed E-state index contributed by atoms with van der Waals surface area (Å²) >= 11 is 3.90. The molecule has 0 aliphatic heterocycles. The van der Waals surface area contributed by atoms with Crippen LogP contribution in [0.25, 0.3) is 0 Å². The molecule has 14 heavy (non-hydrogen) atoms. The fourth-order valence-corrected chi connectivity index (χ4v) is 0.345. The Hall–Kier alpha value is -0.660. The maximum Gasteiger partial charge on any atom is 0.387 e. The summed E-state index contributed by atoms with van der Waals surface area (Å²) in [5.41, 5.74) is 0. The average Bonchev–Trinajstić information content (AvgIpc) is 1.97. The first-order chi connectivity index (χ1) is 6.08. The van der Waals surface area contributed by atoms with E-state index in [1.807, 2.05) is 0 Å². The van der Waals surface area contributed by atoms with E-state index in [9.17, 15) is 30.7 Å². The van der Waals surface area contributed by atoms with Crippen LogP contribution in [0.5, 0.6) is 0 Å². The second kappa shape index (κ2) is 4.24. The Morgan fingerprint density at radius 3 is 1.79 bits per heavy atom. The first-order valence-electron chi connectivity index (χ1n) is 2.86. The van der Waals surface area contributed by atoms with Crippen molar-refractivity contribution >= 4 is 11.6 Å². The molecular weight excluding hydrogens is 244 g/mol. The van der Waals surface area contributed by atoms with Crippen molar-refractivity contribution in [2.24, 2.45) is 0 Å². The molecule has 0 saturated heterocycles. The molecular formula is C5H2ClF7O. The largest absolute Gasteiger partial charge is 0.460 e. The molecule has 0 fully saturated rings. The van der Waals surface area contributed by atoms with Crippen molar-refractivity contribution in [2.45, 2.75) is 11.3 Å².